The van der Waals surface area contributed by atoms with Crippen LogP contribution in [0.3, 0.4) is 0 Å². The highest BCUT2D eigenvalue weighted by Gasteiger charge is 2.05. The van der Waals surface area contributed by atoms with Crippen LogP contribution in [0.25, 0.3) is 0 Å². The lowest BCUT2D eigenvalue weighted by Crippen LogP contribution is -2.36. The van der Waals surface area contributed by atoms with Crippen molar-refractivity contribution in [2.75, 3.05) is 0 Å². The van der Waals surface area contributed by atoms with Gasteiger partial charge in [-0.2, -0.15) is 0 Å². The lowest BCUT2D eigenvalue weighted by atomic mass is 11.9. The Morgan fingerprint density at radius 3 is 1.25 bits per heavy atom. The Labute approximate surface area is 101 Å². The minimum Gasteiger partial charge on any atom is -0.0768 e. The van der Waals surface area contributed by atoms with Crippen LogP contribution in [-0.4, -0.2) is 88.9 Å². The van der Waals surface area contributed by atoms with E-state index in [1.165, 1.54) is 0 Å². The fraction of sp³-hybridized carbons (Fsp3) is 1.00. The van der Waals surface area contributed by atoms with Crippen LogP contribution in [-0.2, 0) is 0 Å². The van der Waals surface area contributed by atoms with Crippen molar-refractivity contribution in [3.8, 4) is 0 Å². The van der Waals surface area contributed by atoms with Gasteiger partial charge < -0.3 is 0 Å². The van der Waals surface area contributed by atoms with Crippen LogP contribution in [0.5, 0.6) is 0 Å². The molecular weight excluding hydrogens is 305 g/mol. The first-order valence-electron chi connectivity index (χ1n) is 5.45. The van der Waals surface area contributed by atoms with E-state index in [1.807, 2.05) is 0 Å². The molecule has 0 radical (unpaired) electrons. The van der Waals surface area contributed by atoms with E-state index in [4.69, 9.17) is 0 Å². The van der Waals surface area contributed by atoms with Gasteiger partial charge in [-0.25, -0.2) is 0 Å². The first-order valence-corrected chi connectivity index (χ1v) is 42.1. The summed E-state index contributed by atoms with van der Waals surface area (Å²) in [5.74, 6) is 0. The summed E-state index contributed by atoms with van der Waals surface area (Å²) in [5, 5.41) is 0. The van der Waals surface area contributed by atoms with Gasteiger partial charge in [-0.1, -0.05) is 13.1 Å². The number of hydrogen-bond donors (Lipinski definition) is 0. The van der Waals surface area contributed by atoms with Crippen molar-refractivity contribution in [3.63, 3.8) is 0 Å². The Bertz CT molecular complexity index is 79.9. The van der Waals surface area contributed by atoms with Crippen molar-refractivity contribution in [1.29, 1.82) is 0 Å². The zero-order chi connectivity index (χ0) is 10.1. The molecule has 12 heavy (non-hydrogen) atoms. The monoisotopic (exact) mass is 332 g/mol. The SMILES string of the molecule is C[SiH]([SiH3])[SiH](C)[SiH2][SiH3].[SiH3][SiH2][SiH]([SiH3])[SiH3]. The van der Waals surface area contributed by atoms with Crippen LogP contribution in [0, 0.1) is 0 Å². The minimum absolute atomic E-state index is 0.110. The quantitative estimate of drug-likeness (QED) is 0.450. The smallest absolute Gasteiger partial charge is 0.00657 e. The predicted octanol–water partition coefficient (Wildman–Crippen LogP) is -8.53. The molecule has 0 bridgehead atoms. The van der Waals surface area contributed by atoms with Crippen LogP contribution in [0.2, 0.25) is 13.1 Å². The van der Waals surface area contributed by atoms with Gasteiger partial charge in [0.05, 0.1) is 0 Å². The van der Waals surface area contributed by atoms with Crippen molar-refractivity contribution in [3.05, 3.63) is 0 Å². The van der Waals surface area contributed by atoms with Gasteiger partial charge in [0.25, 0.3) is 0 Å². The number of hydrogen-bond acceptors (Lipinski definition) is 0. The van der Waals surface area contributed by atoms with E-state index in [0.717, 1.165) is 8.55 Å². The molecule has 0 aromatic rings. The molecule has 0 N–H and O–H groups in total. The fourth-order valence-electron chi connectivity index (χ4n) is 0.471. The van der Waals surface area contributed by atoms with E-state index < -0.39 is 0 Å². The Balaban J connectivity index is 0. The third kappa shape index (κ3) is 14.7. The van der Waals surface area contributed by atoms with E-state index in [9.17, 15) is 0 Å². The van der Waals surface area contributed by atoms with E-state index in [-0.39, 0.29) is 15.7 Å². The second-order valence-electron chi connectivity index (χ2n) is 4.43. The molecule has 0 saturated carbocycles. The van der Waals surface area contributed by atoms with Crippen molar-refractivity contribution < 1.29 is 0 Å². The molecule has 0 aliphatic carbocycles. The fourth-order valence-corrected chi connectivity index (χ4v) is 76.4. The van der Waals surface area contributed by atoms with Gasteiger partial charge in [-0.05, 0) is 73.3 Å². The van der Waals surface area contributed by atoms with Crippen LogP contribution in [0.4, 0.5) is 0 Å². The molecule has 0 nitrogen and oxygen atoms in total. The molecule has 2 unspecified atom stereocenters. The molecule has 0 fully saturated rings. The van der Waals surface area contributed by atoms with E-state index in [1.54, 1.807) is 48.8 Å². The van der Waals surface area contributed by atoms with Gasteiger partial charge in [0, 0.05) is 15.7 Å². The average molecular weight is 333 g/mol. The average Bonchev–Trinajstić information content (AvgIpc) is 2.04. The minimum atomic E-state index is 0.110. The first-order chi connectivity index (χ1) is 5.45. The van der Waals surface area contributed by atoms with Crippen molar-refractivity contribution in [2.45, 2.75) is 13.1 Å². The molecule has 0 amide bonds. The lowest BCUT2D eigenvalue weighted by molar-refractivity contribution is 2.24. The second-order valence-corrected chi connectivity index (χ2v) is 89.9. The maximum absolute atomic E-state index is 2.63. The third-order valence-electron chi connectivity index (χ3n) is 2.60. The molecule has 0 saturated heterocycles. The molecule has 0 aromatic carbocycles. The standard InChI is InChI=1S/C2H16Si5.H12Si5/c1-6(4)7(2)5-3;1-4-5(2)3/h6-7H,5H2,1-4H3;5H,4H2,1-3H3. The van der Waals surface area contributed by atoms with Crippen LogP contribution in [0.1, 0.15) is 0 Å². The van der Waals surface area contributed by atoms with E-state index in [0.29, 0.717) is 15.9 Å². The lowest BCUT2D eigenvalue weighted by Gasteiger charge is -2.06. The summed E-state index contributed by atoms with van der Waals surface area (Å²) < 4.78 is 0. The first kappa shape index (κ1) is 16.6. The number of rotatable bonds is 3. The maximum atomic E-state index is 2.63. The van der Waals surface area contributed by atoms with E-state index in [2.05, 4.69) is 13.1 Å². The van der Waals surface area contributed by atoms with Gasteiger partial charge in [0.15, 0.2) is 0 Å². The van der Waals surface area contributed by atoms with Crippen LogP contribution < -0.4 is 0 Å². The van der Waals surface area contributed by atoms with Gasteiger partial charge in [-0.15, -0.1) is 0 Å². The molecule has 2 atom stereocenters. The topological polar surface area (TPSA) is 0 Å². The summed E-state index contributed by atoms with van der Waals surface area (Å²) in [5.41, 5.74) is 0. The molecule has 0 rings (SSSR count). The summed E-state index contributed by atoms with van der Waals surface area (Å²) in [6, 6.07) is 0. The Morgan fingerprint density at radius 2 is 1.25 bits per heavy atom. The molecule has 10 heteroatoms. The maximum Gasteiger partial charge on any atom is 0.00657 e. The van der Waals surface area contributed by atoms with Gasteiger partial charge in [-0.3, -0.25) is 0 Å². The zero-order valence-corrected chi connectivity index (χ0v) is 26.4. The van der Waals surface area contributed by atoms with Gasteiger partial charge >= 0.3 is 0 Å². The zero-order valence-electron chi connectivity index (χ0n) is 10.1. The molecule has 0 aromatic heterocycles. The summed E-state index contributed by atoms with van der Waals surface area (Å²) in [4.78, 5) is 0. The van der Waals surface area contributed by atoms with Crippen molar-refractivity contribution in [1.82, 2.24) is 0 Å². The molecule has 0 aliphatic rings. The molecular formula is C2H28Si10. The highest BCUT2D eigenvalue weighted by molar-refractivity contribution is 7.62. The molecule has 0 heterocycles. The molecule has 76 valence electrons. The Morgan fingerprint density at radius 1 is 0.917 bits per heavy atom. The van der Waals surface area contributed by atoms with E-state index >= 15 is 0 Å². The predicted molar refractivity (Wildman–Crippen MR) is 100.0 cm³/mol. The highest BCUT2D eigenvalue weighted by Crippen LogP contribution is 1.79. The third-order valence-corrected chi connectivity index (χ3v) is 134. The summed E-state index contributed by atoms with van der Waals surface area (Å²) in [7, 11) is 10.2. The van der Waals surface area contributed by atoms with Crippen LogP contribution in [0.15, 0.2) is 0 Å². The molecule has 0 aliphatic heterocycles. The highest BCUT2D eigenvalue weighted by atomic mass is 29.9. The molecule has 0 spiro atoms. The van der Waals surface area contributed by atoms with Gasteiger partial charge in [0.1, 0.15) is 0 Å². The van der Waals surface area contributed by atoms with Crippen molar-refractivity contribution >= 4 is 88.9 Å². The van der Waals surface area contributed by atoms with Crippen molar-refractivity contribution in [2.24, 2.45) is 0 Å². The second kappa shape index (κ2) is 11.2. The largest absolute Gasteiger partial charge is 0.0768 e. The Hall–Kier alpha value is 2.17. The van der Waals surface area contributed by atoms with Gasteiger partial charge in [0.2, 0.25) is 0 Å². The summed E-state index contributed by atoms with van der Waals surface area (Å²) in [6.07, 6.45) is 0. The summed E-state index contributed by atoms with van der Waals surface area (Å²) >= 11 is 0. The summed E-state index contributed by atoms with van der Waals surface area (Å²) in [6.45, 7) is 5.22. The van der Waals surface area contributed by atoms with Crippen LogP contribution >= 0.6 is 0 Å². The Kier molecular flexibility index (Phi) is 15.5. The normalized spacial score (nSPS) is 20.5.